The minimum atomic E-state index is -0.555. The van der Waals surface area contributed by atoms with Crippen molar-refractivity contribution < 1.29 is 18.7 Å². The van der Waals surface area contributed by atoms with Crippen molar-refractivity contribution >= 4 is 29.0 Å². The highest BCUT2D eigenvalue weighted by atomic mass is 35.5. The Hall–Kier alpha value is -2.40. The quantitative estimate of drug-likeness (QED) is 0.844. The molecule has 1 N–H and O–H groups in total. The first-order valence-electron chi connectivity index (χ1n) is 6.83. The van der Waals surface area contributed by atoms with Gasteiger partial charge in [-0.15, -0.1) is 0 Å². The standard InChI is InChI=1S/C17H15ClFNO3/c1-10(21)11-3-6-16(23-2)12(7-11)8-17(22)20-13-4-5-15(19)14(18)9-13/h3-7,9H,8H2,1-2H3,(H,20,22). The molecule has 2 aromatic carbocycles. The molecule has 4 nitrogen and oxygen atoms in total. The highest BCUT2D eigenvalue weighted by Gasteiger charge is 2.12. The van der Waals surface area contributed by atoms with Crippen molar-refractivity contribution in [3.8, 4) is 5.75 Å². The van der Waals surface area contributed by atoms with E-state index in [1.54, 1.807) is 18.2 Å². The molecule has 23 heavy (non-hydrogen) atoms. The molecule has 120 valence electrons. The number of halogens is 2. The highest BCUT2D eigenvalue weighted by Crippen LogP contribution is 2.23. The summed E-state index contributed by atoms with van der Waals surface area (Å²) in [6, 6.07) is 8.84. The van der Waals surface area contributed by atoms with E-state index in [2.05, 4.69) is 5.32 Å². The number of ketones is 1. The lowest BCUT2D eigenvalue weighted by molar-refractivity contribution is -0.115. The van der Waals surface area contributed by atoms with Crippen LogP contribution >= 0.6 is 11.6 Å². The second-order valence-electron chi connectivity index (χ2n) is 4.94. The first-order chi connectivity index (χ1) is 10.9. The molecule has 0 saturated carbocycles. The average molecular weight is 336 g/mol. The van der Waals surface area contributed by atoms with E-state index < -0.39 is 5.82 Å². The van der Waals surface area contributed by atoms with Gasteiger partial charge in [-0.2, -0.15) is 0 Å². The van der Waals surface area contributed by atoms with Crippen LogP contribution in [0.15, 0.2) is 36.4 Å². The Kier molecular flexibility index (Phi) is 5.34. The summed E-state index contributed by atoms with van der Waals surface area (Å²) in [5.41, 5.74) is 1.48. The summed E-state index contributed by atoms with van der Waals surface area (Å²) in [6.07, 6.45) is 0.0132. The fraction of sp³-hybridized carbons (Fsp3) is 0.176. The maximum absolute atomic E-state index is 13.1. The van der Waals surface area contributed by atoms with Crippen LogP contribution in [0.2, 0.25) is 5.02 Å². The van der Waals surface area contributed by atoms with E-state index in [1.807, 2.05) is 0 Å². The Morgan fingerprint density at radius 1 is 1.22 bits per heavy atom. The number of nitrogens with one attached hydrogen (secondary N) is 1. The van der Waals surface area contributed by atoms with E-state index in [4.69, 9.17) is 16.3 Å². The lowest BCUT2D eigenvalue weighted by Gasteiger charge is -2.11. The maximum atomic E-state index is 13.1. The molecule has 0 atom stereocenters. The van der Waals surface area contributed by atoms with Crippen molar-refractivity contribution in [1.29, 1.82) is 0 Å². The third-order valence-electron chi connectivity index (χ3n) is 3.24. The molecule has 0 spiro atoms. The van der Waals surface area contributed by atoms with Crippen LogP contribution in [0.1, 0.15) is 22.8 Å². The van der Waals surface area contributed by atoms with Gasteiger partial charge in [-0.25, -0.2) is 4.39 Å². The van der Waals surface area contributed by atoms with E-state index in [1.165, 1.54) is 32.2 Å². The molecule has 0 saturated heterocycles. The van der Waals surface area contributed by atoms with Crippen LogP contribution in [0.25, 0.3) is 0 Å². The van der Waals surface area contributed by atoms with Gasteiger partial charge in [0.25, 0.3) is 0 Å². The molecule has 0 aliphatic heterocycles. The largest absolute Gasteiger partial charge is 0.496 e. The highest BCUT2D eigenvalue weighted by molar-refractivity contribution is 6.31. The summed E-state index contributed by atoms with van der Waals surface area (Å²) in [5.74, 6) is -0.464. The molecule has 0 radical (unpaired) electrons. The Morgan fingerprint density at radius 3 is 2.57 bits per heavy atom. The predicted molar refractivity (Wildman–Crippen MR) is 86.7 cm³/mol. The van der Waals surface area contributed by atoms with Crippen LogP contribution in [0.5, 0.6) is 5.75 Å². The molecule has 0 heterocycles. The van der Waals surface area contributed by atoms with Gasteiger partial charge in [-0.1, -0.05) is 11.6 Å². The van der Waals surface area contributed by atoms with Gasteiger partial charge < -0.3 is 10.1 Å². The third kappa shape index (κ3) is 4.29. The molecule has 2 aromatic rings. The van der Waals surface area contributed by atoms with Crippen molar-refractivity contribution in [2.75, 3.05) is 12.4 Å². The van der Waals surface area contributed by atoms with Crippen LogP contribution in [-0.4, -0.2) is 18.8 Å². The minimum absolute atomic E-state index is 0.0132. The van der Waals surface area contributed by atoms with Gasteiger partial charge in [0.05, 0.1) is 18.6 Å². The van der Waals surface area contributed by atoms with Crippen LogP contribution in [0.4, 0.5) is 10.1 Å². The number of benzene rings is 2. The number of carbonyl (C=O) groups is 2. The molecular weight excluding hydrogens is 321 g/mol. The van der Waals surface area contributed by atoms with Crippen LogP contribution < -0.4 is 10.1 Å². The van der Waals surface area contributed by atoms with Crippen LogP contribution in [0.3, 0.4) is 0 Å². The molecule has 0 bridgehead atoms. The van der Waals surface area contributed by atoms with Gasteiger partial charge in [0.1, 0.15) is 11.6 Å². The van der Waals surface area contributed by atoms with E-state index in [0.29, 0.717) is 22.6 Å². The zero-order chi connectivity index (χ0) is 17.0. The fourth-order valence-electron chi connectivity index (χ4n) is 2.09. The zero-order valence-corrected chi connectivity index (χ0v) is 13.4. The number of methoxy groups -OCH3 is 1. The number of Topliss-reactive ketones (excluding diaryl/α,β-unsaturated/α-hetero) is 1. The number of ether oxygens (including phenoxy) is 1. The molecule has 0 fully saturated rings. The number of rotatable bonds is 5. The van der Waals surface area contributed by atoms with Gasteiger partial charge in [-0.05, 0) is 43.3 Å². The third-order valence-corrected chi connectivity index (χ3v) is 3.53. The molecule has 0 aromatic heterocycles. The van der Waals surface area contributed by atoms with Gasteiger partial charge in [0.15, 0.2) is 5.78 Å². The van der Waals surface area contributed by atoms with Gasteiger partial charge in [-0.3, -0.25) is 9.59 Å². The predicted octanol–water partition coefficient (Wildman–Crippen LogP) is 3.87. The summed E-state index contributed by atoms with van der Waals surface area (Å²) < 4.78 is 18.3. The van der Waals surface area contributed by atoms with Gasteiger partial charge >= 0.3 is 0 Å². The zero-order valence-electron chi connectivity index (χ0n) is 12.7. The summed E-state index contributed by atoms with van der Waals surface area (Å²) >= 11 is 5.68. The molecule has 0 aliphatic carbocycles. The van der Waals surface area contributed by atoms with Crippen molar-refractivity contribution in [3.63, 3.8) is 0 Å². The van der Waals surface area contributed by atoms with E-state index in [-0.39, 0.29) is 23.1 Å². The molecular formula is C17H15ClFNO3. The normalized spacial score (nSPS) is 10.3. The number of carbonyl (C=O) groups excluding carboxylic acids is 2. The SMILES string of the molecule is COc1ccc(C(C)=O)cc1CC(=O)Nc1ccc(F)c(Cl)c1. The Bertz CT molecular complexity index is 761. The van der Waals surface area contributed by atoms with Crippen LogP contribution in [-0.2, 0) is 11.2 Å². The minimum Gasteiger partial charge on any atom is -0.496 e. The summed E-state index contributed by atoms with van der Waals surface area (Å²) in [5, 5.41) is 2.56. The molecule has 6 heteroatoms. The van der Waals surface area contributed by atoms with E-state index >= 15 is 0 Å². The Labute approximate surface area is 138 Å². The number of anilines is 1. The lowest BCUT2D eigenvalue weighted by Crippen LogP contribution is -2.15. The maximum Gasteiger partial charge on any atom is 0.228 e. The monoisotopic (exact) mass is 335 g/mol. The summed E-state index contributed by atoms with van der Waals surface area (Å²) in [4.78, 5) is 23.6. The second-order valence-corrected chi connectivity index (χ2v) is 5.34. The molecule has 0 aliphatic rings. The topological polar surface area (TPSA) is 55.4 Å². The van der Waals surface area contributed by atoms with Gasteiger partial charge in [0, 0.05) is 16.8 Å². The van der Waals surface area contributed by atoms with E-state index in [0.717, 1.165) is 0 Å². The number of hydrogen-bond donors (Lipinski definition) is 1. The molecule has 2 rings (SSSR count). The van der Waals surface area contributed by atoms with E-state index in [9.17, 15) is 14.0 Å². The smallest absolute Gasteiger partial charge is 0.228 e. The first kappa shape index (κ1) is 17.0. The van der Waals surface area contributed by atoms with Crippen molar-refractivity contribution in [1.82, 2.24) is 0 Å². The molecule has 0 unspecified atom stereocenters. The second kappa shape index (κ2) is 7.24. The van der Waals surface area contributed by atoms with Crippen LogP contribution in [0, 0.1) is 5.82 Å². The Balaban J connectivity index is 2.17. The summed E-state index contributed by atoms with van der Waals surface area (Å²) in [7, 11) is 1.49. The Morgan fingerprint density at radius 2 is 1.96 bits per heavy atom. The fourth-order valence-corrected chi connectivity index (χ4v) is 2.27. The number of amides is 1. The van der Waals surface area contributed by atoms with Gasteiger partial charge in [0.2, 0.25) is 5.91 Å². The van der Waals surface area contributed by atoms with Crippen molar-refractivity contribution in [2.45, 2.75) is 13.3 Å². The average Bonchev–Trinajstić information content (AvgIpc) is 2.50. The van der Waals surface area contributed by atoms with Crippen molar-refractivity contribution in [3.05, 3.63) is 58.4 Å². The lowest BCUT2D eigenvalue weighted by atomic mass is 10.0. The first-order valence-corrected chi connectivity index (χ1v) is 7.21. The summed E-state index contributed by atoms with van der Waals surface area (Å²) in [6.45, 7) is 1.45. The van der Waals surface area contributed by atoms with Crippen molar-refractivity contribution in [2.24, 2.45) is 0 Å². The molecule has 1 amide bonds. The number of hydrogen-bond acceptors (Lipinski definition) is 3.